The van der Waals surface area contributed by atoms with Crippen molar-refractivity contribution >= 4 is 33.1 Å². The number of benzene rings is 4. The molecule has 0 amide bonds. The Balaban J connectivity index is 1.66. The van der Waals surface area contributed by atoms with Gasteiger partial charge in [-0.3, -0.25) is 0 Å². The average molecular weight is 423 g/mol. The molecule has 0 aromatic heterocycles. The first-order chi connectivity index (χ1) is 14.6. The van der Waals surface area contributed by atoms with Crippen LogP contribution in [0.4, 0.5) is 8.78 Å². The molecule has 30 heavy (non-hydrogen) atoms. The molecule has 0 saturated heterocycles. The van der Waals surface area contributed by atoms with Gasteiger partial charge in [0, 0.05) is 5.56 Å². The van der Waals surface area contributed by atoms with Gasteiger partial charge >= 0.3 is 0 Å². The Morgan fingerprint density at radius 3 is 2.23 bits per heavy atom. The summed E-state index contributed by atoms with van der Waals surface area (Å²) in [4.78, 5) is 0. The van der Waals surface area contributed by atoms with Crippen LogP contribution in [-0.2, 0) is 6.42 Å². The highest BCUT2D eigenvalue weighted by molar-refractivity contribution is 6.30. The maximum absolute atomic E-state index is 15.0. The van der Waals surface area contributed by atoms with E-state index < -0.39 is 5.82 Å². The Labute approximate surface area is 181 Å². The molecule has 0 N–H and O–H groups in total. The molecule has 3 heteroatoms. The third-order valence-corrected chi connectivity index (χ3v) is 6.09. The Hall–Kier alpha value is -2.45. The second-order valence-electron chi connectivity index (χ2n) is 7.97. The van der Waals surface area contributed by atoms with Crippen LogP contribution in [-0.4, -0.2) is 0 Å². The lowest BCUT2D eigenvalue weighted by Crippen LogP contribution is -1.90. The molecule has 0 bridgehead atoms. The van der Waals surface area contributed by atoms with Crippen molar-refractivity contribution in [3.63, 3.8) is 0 Å². The van der Waals surface area contributed by atoms with Gasteiger partial charge in [-0.2, -0.15) is 0 Å². The molecular weight excluding hydrogens is 398 g/mol. The van der Waals surface area contributed by atoms with Crippen LogP contribution in [0.1, 0.15) is 44.6 Å². The monoisotopic (exact) mass is 422 g/mol. The average Bonchev–Trinajstić information content (AvgIpc) is 2.75. The summed E-state index contributed by atoms with van der Waals surface area (Å²) >= 11 is 5.77. The summed E-state index contributed by atoms with van der Waals surface area (Å²) in [5, 5.41) is 4.00. The lowest BCUT2D eigenvalue weighted by molar-refractivity contribution is 0.625. The molecule has 0 nitrogen and oxygen atoms in total. The molecule has 0 aliphatic rings. The van der Waals surface area contributed by atoms with Crippen molar-refractivity contribution in [2.24, 2.45) is 0 Å². The SMILES string of the molecule is CCCCCCCc1ccc2c(ccc3cc(-c4ccc(Cl)c(F)c4)c(F)cc32)c1. The molecule has 0 unspecified atom stereocenters. The summed E-state index contributed by atoms with van der Waals surface area (Å²) in [6, 6.07) is 18.3. The largest absolute Gasteiger partial charge is 0.206 e. The zero-order chi connectivity index (χ0) is 21.1. The van der Waals surface area contributed by atoms with E-state index in [1.54, 1.807) is 18.2 Å². The fraction of sp³-hybridized carbons (Fsp3) is 0.259. The summed E-state index contributed by atoms with van der Waals surface area (Å²) in [7, 11) is 0. The molecule has 4 aromatic rings. The first-order valence-electron chi connectivity index (χ1n) is 10.7. The number of halogens is 3. The van der Waals surface area contributed by atoms with E-state index in [4.69, 9.17) is 11.6 Å². The summed E-state index contributed by atoms with van der Waals surface area (Å²) < 4.78 is 28.8. The fourth-order valence-corrected chi connectivity index (χ4v) is 4.23. The molecule has 4 aromatic carbocycles. The minimum absolute atomic E-state index is 0.0344. The molecule has 0 radical (unpaired) electrons. The highest BCUT2D eigenvalue weighted by Crippen LogP contribution is 2.33. The number of aryl methyl sites for hydroxylation is 1. The van der Waals surface area contributed by atoms with Crippen molar-refractivity contribution in [1.29, 1.82) is 0 Å². The lowest BCUT2D eigenvalue weighted by atomic mass is 9.95. The number of hydrogen-bond acceptors (Lipinski definition) is 0. The van der Waals surface area contributed by atoms with E-state index in [-0.39, 0.29) is 10.8 Å². The topological polar surface area (TPSA) is 0 Å². The minimum atomic E-state index is -0.547. The van der Waals surface area contributed by atoms with E-state index in [0.29, 0.717) is 11.1 Å². The maximum Gasteiger partial charge on any atom is 0.142 e. The zero-order valence-corrected chi connectivity index (χ0v) is 17.9. The zero-order valence-electron chi connectivity index (χ0n) is 17.2. The van der Waals surface area contributed by atoms with Crippen LogP contribution in [0, 0.1) is 11.6 Å². The van der Waals surface area contributed by atoms with Gasteiger partial charge in [0.05, 0.1) is 5.02 Å². The second kappa shape index (κ2) is 9.14. The number of unbranched alkanes of at least 4 members (excludes halogenated alkanes) is 4. The smallest absolute Gasteiger partial charge is 0.142 e. The Morgan fingerprint density at radius 2 is 1.47 bits per heavy atom. The molecule has 0 heterocycles. The molecule has 0 saturated carbocycles. The first kappa shape index (κ1) is 20.8. The first-order valence-corrected chi connectivity index (χ1v) is 11.0. The standard InChI is InChI=1S/C27H25ClF2/c1-2-3-4-5-6-7-18-8-12-22-19(14-18)9-10-20-15-24(26(29)17-23(20)22)21-11-13-25(28)27(30)16-21/h8-17H,2-7H2,1H3. The second-order valence-corrected chi connectivity index (χ2v) is 8.37. The van der Waals surface area contributed by atoms with Crippen molar-refractivity contribution < 1.29 is 8.78 Å². The molecule has 4 rings (SSSR count). The number of fused-ring (bicyclic) bond motifs is 3. The number of hydrogen-bond donors (Lipinski definition) is 0. The third-order valence-electron chi connectivity index (χ3n) is 5.79. The molecule has 0 aliphatic heterocycles. The van der Waals surface area contributed by atoms with E-state index in [0.717, 1.165) is 28.0 Å². The van der Waals surface area contributed by atoms with E-state index in [1.165, 1.54) is 49.8 Å². The van der Waals surface area contributed by atoms with Crippen molar-refractivity contribution in [1.82, 2.24) is 0 Å². The molecule has 0 spiro atoms. The van der Waals surface area contributed by atoms with Gasteiger partial charge < -0.3 is 0 Å². The minimum Gasteiger partial charge on any atom is -0.206 e. The van der Waals surface area contributed by atoms with Gasteiger partial charge in [0.2, 0.25) is 0 Å². The van der Waals surface area contributed by atoms with Crippen molar-refractivity contribution in [2.45, 2.75) is 45.4 Å². The van der Waals surface area contributed by atoms with Crippen molar-refractivity contribution in [3.8, 4) is 11.1 Å². The maximum atomic E-state index is 15.0. The van der Waals surface area contributed by atoms with Gasteiger partial charge in [0.15, 0.2) is 0 Å². The lowest BCUT2D eigenvalue weighted by Gasteiger charge is -2.10. The van der Waals surface area contributed by atoms with E-state index >= 15 is 0 Å². The predicted octanol–water partition coefficient (Wildman–Crippen LogP) is 9.10. The normalized spacial score (nSPS) is 11.5. The van der Waals surface area contributed by atoms with E-state index in [1.807, 2.05) is 6.07 Å². The van der Waals surface area contributed by atoms with Crippen LogP contribution in [0.3, 0.4) is 0 Å². The third kappa shape index (κ3) is 4.34. The highest BCUT2D eigenvalue weighted by atomic mass is 35.5. The Bertz CT molecular complexity index is 1200. The predicted molar refractivity (Wildman–Crippen MR) is 124 cm³/mol. The van der Waals surface area contributed by atoms with Crippen LogP contribution in [0.2, 0.25) is 5.02 Å². The molecule has 154 valence electrons. The quantitative estimate of drug-likeness (QED) is 0.206. The van der Waals surface area contributed by atoms with Gasteiger partial charge in [-0.25, -0.2) is 8.78 Å². The Morgan fingerprint density at radius 1 is 0.700 bits per heavy atom. The van der Waals surface area contributed by atoms with Gasteiger partial charge in [-0.15, -0.1) is 0 Å². The fourth-order valence-electron chi connectivity index (χ4n) is 4.11. The highest BCUT2D eigenvalue weighted by Gasteiger charge is 2.11. The van der Waals surface area contributed by atoms with Crippen LogP contribution in [0.15, 0.2) is 60.7 Å². The van der Waals surface area contributed by atoms with Crippen molar-refractivity contribution in [3.05, 3.63) is 82.9 Å². The summed E-state index contributed by atoms with van der Waals surface area (Å²) in [6.07, 6.45) is 7.41. The molecular formula is C27H25ClF2. The molecule has 0 fully saturated rings. The van der Waals surface area contributed by atoms with Gasteiger partial charge in [0.1, 0.15) is 11.6 Å². The van der Waals surface area contributed by atoms with Crippen molar-refractivity contribution in [2.75, 3.05) is 0 Å². The van der Waals surface area contributed by atoms with Gasteiger partial charge in [-0.05, 0) is 69.8 Å². The van der Waals surface area contributed by atoms with Gasteiger partial charge in [-0.1, -0.05) is 80.6 Å². The van der Waals surface area contributed by atoms with E-state index in [9.17, 15) is 8.78 Å². The van der Waals surface area contributed by atoms with E-state index in [2.05, 4.69) is 31.2 Å². The summed E-state index contributed by atoms with van der Waals surface area (Å²) in [5.74, 6) is -0.911. The van der Waals surface area contributed by atoms with Gasteiger partial charge in [0.25, 0.3) is 0 Å². The van der Waals surface area contributed by atoms with Crippen LogP contribution in [0.5, 0.6) is 0 Å². The Kier molecular flexibility index (Phi) is 6.34. The molecule has 0 aliphatic carbocycles. The molecule has 0 atom stereocenters. The van der Waals surface area contributed by atoms with Crippen LogP contribution >= 0.6 is 11.6 Å². The summed E-state index contributed by atoms with van der Waals surface area (Å²) in [5.41, 5.74) is 2.18. The number of rotatable bonds is 7. The van der Waals surface area contributed by atoms with Crippen LogP contribution in [0.25, 0.3) is 32.7 Å². The van der Waals surface area contributed by atoms with Crippen LogP contribution < -0.4 is 0 Å². The summed E-state index contributed by atoms with van der Waals surface area (Å²) in [6.45, 7) is 2.23.